The van der Waals surface area contributed by atoms with Crippen molar-refractivity contribution in [2.24, 2.45) is 0 Å². The van der Waals surface area contributed by atoms with E-state index in [4.69, 9.17) is 26.2 Å². The molecule has 0 fully saturated rings. The van der Waals surface area contributed by atoms with Crippen LogP contribution in [-0.4, -0.2) is 31.1 Å². The van der Waals surface area contributed by atoms with E-state index in [2.05, 4.69) is 0 Å². The van der Waals surface area contributed by atoms with Crippen molar-refractivity contribution in [3.63, 3.8) is 0 Å². The minimum atomic E-state index is -1.55. The van der Waals surface area contributed by atoms with Crippen LogP contribution in [0.3, 0.4) is 0 Å². The first kappa shape index (κ1) is 13.3. The van der Waals surface area contributed by atoms with Crippen LogP contribution in [-0.2, 0) is 4.79 Å². The standard InChI is InChI=1S/C11H11ClO5/c1-5-6(9(13)11(14)15)4-7(16-2)10(17-3)8(5)12/h4H,1-3H3,(H,14,15). The topological polar surface area (TPSA) is 72.8 Å². The zero-order chi connectivity index (χ0) is 13.2. The van der Waals surface area contributed by atoms with Crippen LogP contribution < -0.4 is 9.47 Å². The number of methoxy groups -OCH3 is 2. The van der Waals surface area contributed by atoms with Crippen molar-refractivity contribution >= 4 is 23.4 Å². The summed E-state index contributed by atoms with van der Waals surface area (Å²) >= 11 is 5.98. The quantitative estimate of drug-likeness (QED) is 0.660. The Balaban J connectivity index is 3.50. The molecule has 0 aliphatic heterocycles. The Kier molecular flexibility index (Phi) is 3.96. The minimum absolute atomic E-state index is 0.0137. The van der Waals surface area contributed by atoms with Crippen molar-refractivity contribution < 1.29 is 24.2 Å². The molecule has 0 amide bonds. The highest BCUT2D eigenvalue weighted by atomic mass is 35.5. The van der Waals surface area contributed by atoms with Crippen molar-refractivity contribution in [1.29, 1.82) is 0 Å². The molecule has 1 N–H and O–H groups in total. The summed E-state index contributed by atoms with van der Waals surface area (Å²) in [7, 11) is 2.78. The first-order valence-electron chi connectivity index (χ1n) is 4.62. The summed E-state index contributed by atoms with van der Waals surface area (Å²) in [6, 6.07) is 1.30. The van der Waals surface area contributed by atoms with Crippen molar-refractivity contribution in [2.45, 2.75) is 6.92 Å². The number of benzene rings is 1. The molecule has 0 aliphatic carbocycles. The molecule has 0 unspecified atom stereocenters. The summed E-state index contributed by atoms with van der Waals surface area (Å²) in [4.78, 5) is 22.1. The Morgan fingerprint density at radius 3 is 2.29 bits per heavy atom. The fourth-order valence-corrected chi connectivity index (χ4v) is 1.67. The van der Waals surface area contributed by atoms with Crippen LogP contribution >= 0.6 is 11.6 Å². The number of carboxylic acids is 1. The maximum Gasteiger partial charge on any atom is 0.377 e. The predicted molar refractivity (Wildman–Crippen MR) is 61.3 cm³/mol. The maximum atomic E-state index is 11.4. The van der Waals surface area contributed by atoms with Gasteiger partial charge in [0.2, 0.25) is 0 Å². The molecule has 1 aromatic carbocycles. The van der Waals surface area contributed by atoms with E-state index in [1.807, 2.05) is 0 Å². The van der Waals surface area contributed by atoms with E-state index in [0.717, 1.165) is 0 Å². The van der Waals surface area contributed by atoms with Gasteiger partial charge < -0.3 is 14.6 Å². The number of hydrogen-bond donors (Lipinski definition) is 1. The lowest BCUT2D eigenvalue weighted by Crippen LogP contribution is -2.14. The number of hydrogen-bond acceptors (Lipinski definition) is 4. The maximum absolute atomic E-state index is 11.4. The van der Waals surface area contributed by atoms with E-state index in [-0.39, 0.29) is 22.1 Å². The van der Waals surface area contributed by atoms with Crippen LogP contribution in [0.15, 0.2) is 6.07 Å². The fourth-order valence-electron chi connectivity index (χ4n) is 1.39. The molecule has 0 aromatic heterocycles. The van der Waals surface area contributed by atoms with Gasteiger partial charge in [0.25, 0.3) is 5.78 Å². The van der Waals surface area contributed by atoms with Gasteiger partial charge in [-0.15, -0.1) is 0 Å². The lowest BCUT2D eigenvalue weighted by molar-refractivity contribution is -0.131. The Hall–Kier alpha value is -1.75. The number of carboxylic acid groups (broad SMARTS) is 1. The number of ether oxygens (including phenoxy) is 2. The van der Waals surface area contributed by atoms with E-state index in [9.17, 15) is 9.59 Å². The molecule has 0 saturated heterocycles. The highest BCUT2D eigenvalue weighted by molar-refractivity contribution is 6.41. The molecule has 0 spiro atoms. The Morgan fingerprint density at radius 1 is 1.29 bits per heavy atom. The van der Waals surface area contributed by atoms with Crippen LogP contribution in [0.25, 0.3) is 0 Å². The molecule has 0 bridgehead atoms. The van der Waals surface area contributed by atoms with Gasteiger partial charge in [-0.25, -0.2) is 4.79 Å². The summed E-state index contributed by atoms with van der Waals surface area (Å²) in [6.07, 6.45) is 0. The second-order valence-electron chi connectivity index (χ2n) is 3.23. The summed E-state index contributed by atoms with van der Waals surface area (Å²) in [5.41, 5.74) is 0.330. The number of ketones is 1. The third kappa shape index (κ3) is 2.34. The second kappa shape index (κ2) is 5.05. The van der Waals surface area contributed by atoms with Crippen molar-refractivity contribution in [2.75, 3.05) is 14.2 Å². The molecule has 6 heteroatoms. The molecule has 0 saturated carbocycles. The first-order chi connectivity index (χ1) is 7.93. The van der Waals surface area contributed by atoms with Gasteiger partial charge in [0.15, 0.2) is 11.5 Å². The molecule has 92 valence electrons. The molecular formula is C11H11ClO5. The molecule has 0 heterocycles. The number of halogens is 1. The smallest absolute Gasteiger partial charge is 0.377 e. The van der Waals surface area contributed by atoms with Crippen molar-refractivity contribution in [3.05, 3.63) is 22.2 Å². The van der Waals surface area contributed by atoms with E-state index in [0.29, 0.717) is 5.56 Å². The van der Waals surface area contributed by atoms with E-state index in [1.54, 1.807) is 6.92 Å². The number of carbonyl (C=O) groups excluding carboxylic acids is 1. The predicted octanol–water partition coefficient (Wildman–Crippen LogP) is 1.93. The molecular weight excluding hydrogens is 248 g/mol. The van der Waals surface area contributed by atoms with Crippen LogP contribution in [0.1, 0.15) is 15.9 Å². The van der Waals surface area contributed by atoms with Gasteiger partial charge in [-0.3, -0.25) is 4.79 Å². The third-order valence-electron chi connectivity index (χ3n) is 2.29. The number of rotatable bonds is 4. The van der Waals surface area contributed by atoms with Gasteiger partial charge in [-0.2, -0.15) is 0 Å². The largest absolute Gasteiger partial charge is 0.493 e. The lowest BCUT2D eigenvalue weighted by Gasteiger charge is -2.13. The van der Waals surface area contributed by atoms with E-state index < -0.39 is 11.8 Å². The van der Waals surface area contributed by atoms with Crippen molar-refractivity contribution in [3.8, 4) is 11.5 Å². The molecule has 17 heavy (non-hydrogen) atoms. The van der Waals surface area contributed by atoms with Gasteiger partial charge >= 0.3 is 5.97 Å². The van der Waals surface area contributed by atoms with Crippen LogP contribution in [0, 0.1) is 6.92 Å². The normalized spacial score (nSPS) is 9.88. The highest BCUT2D eigenvalue weighted by Gasteiger charge is 2.23. The molecule has 1 aromatic rings. The van der Waals surface area contributed by atoms with Gasteiger partial charge in [0.1, 0.15) is 0 Å². The minimum Gasteiger partial charge on any atom is -0.493 e. The SMILES string of the molecule is COc1cc(C(=O)C(=O)O)c(C)c(Cl)c1OC. The van der Waals surface area contributed by atoms with E-state index >= 15 is 0 Å². The van der Waals surface area contributed by atoms with Gasteiger partial charge in [-0.1, -0.05) is 11.6 Å². The summed E-state index contributed by atoms with van der Waals surface area (Å²) in [5.74, 6) is -2.09. The zero-order valence-corrected chi connectivity index (χ0v) is 10.3. The van der Waals surface area contributed by atoms with Crippen LogP contribution in [0.4, 0.5) is 0 Å². The first-order valence-corrected chi connectivity index (χ1v) is 5.00. The van der Waals surface area contributed by atoms with Crippen LogP contribution in [0.2, 0.25) is 5.02 Å². The average molecular weight is 259 g/mol. The number of carbonyl (C=O) groups is 2. The number of aliphatic carboxylic acids is 1. The molecule has 0 radical (unpaired) electrons. The third-order valence-corrected chi connectivity index (χ3v) is 2.75. The Bertz CT molecular complexity index is 481. The summed E-state index contributed by atoms with van der Waals surface area (Å²) in [6.45, 7) is 1.54. The Morgan fingerprint density at radius 2 is 1.88 bits per heavy atom. The van der Waals surface area contributed by atoms with Gasteiger partial charge in [-0.05, 0) is 18.6 Å². The Labute approximate surface area is 103 Å². The molecule has 0 aliphatic rings. The van der Waals surface area contributed by atoms with Gasteiger partial charge in [0, 0.05) is 5.56 Å². The highest BCUT2D eigenvalue weighted by Crippen LogP contribution is 2.39. The average Bonchev–Trinajstić information content (AvgIpc) is 2.31. The van der Waals surface area contributed by atoms with Crippen molar-refractivity contribution in [1.82, 2.24) is 0 Å². The molecule has 5 nitrogen and oxygen atoms in total. The van der Waals surface area contributed by atoms with Crippen LogP contribution in [0.5, 0.6) is 11.5 Å². The fraction of sp³-hybridized carbons (Fsp3) is 0.273. The summed E-state index contributed by atoms with van der Waals surface area (Å²) in [5, 5.41) is 8.84. The van der Waals surface area contributed by atoms with Gasteiger partial charge in [0.05, 0.1) is 19.2 Å². The number of Topliss-reactive ketones (excluding diaryl/α,β-unsaturated/α-hetero) is 1. The molecule has 1 rings (SSSR count). The second-order valence-corrected chi connectivity index (χ2v) is 3.61. The monoisotopic (exact) mass is 258 g/mol. The summed E-state index contributed by atoms with van der Waals surface area (Å²) < 4.78 is 10.0. The zero-order valence-electron chi connectivity index (χ0n) is 9.54. The molecule has 0 atom stereocenters. The lowest BCUT2D eigenvalue weighted by atomic mass is 10.0. The van der Waals surface area contributed by atoms with E-state index in [1.165, 1.54) is 20.3 Å².